The predicted octanol–water partition coefficient (Wildman–Crippen LogP) is 4.39. The van der Waals surface area contributed by atoms with Crippen molar-refractivity contribution >= 4 is 5.97 Å². The molecule has 4 heteroatoms. The molecule has 0 radical (unpaired) electrons. The second-order valence-electron chi connectivity index (χ2n) is 6.98. The van der Waals surface area contributed by atoms with E-state index in [4.69, 9.17) is 10.5 Å². The number of carbonyl (C=O) groups excluding carboxylic acids is 1. The minimum Gasteiger partial charge on any atom is -0.508 e. The molecule has 0 aromatic heterocycles. The third kappa shape index (κ3) is 5.83. The average molecular weight is 370 g/mol. The number of phenols is 1. The molecule has 0 aliphatic carbocycles. The fraction of sp³-hybridized carbons (Fsp3) is 0.435. The lowest BCUT2D eigenvalue weighted by molar-refractivity contribution is -0.142. The Morgan fingerprint density at radius 3 is 2.56 bits per heavy atom. The normalized spacial score (nSPS) is 12.0. The van der Waals surface area contributed by atoms with Crippen LogP contribution in [0.25, 0.3) is 0 Å². The first kappa shape index (κ1) is 21.0. The quantitative estimate of drug-likeness (QED) is 0.643. The molecule has 4 nitrogen and oxygen atoms in total. The molecule has 0 fully saturated rings. The van der Waals surface area contributed by atoms with Crippen LogP contribution in [0.1, 0.15) is 60.4 Å². The highest BCUT2D eigenvalue weighted by molar-refractivity contribution is 5.73. The molecule has 0 spiro atoms. The smallest absolute Gasteiger partial charge is 0.310 e. The van der Waals surface area contributed by atoms with Crippen molar-refractivity contribution in [1.29, 1.82) is 0 Å². The number of aromatic hydroxyl groups is 1. The Morgan fingerprint density at radius 2 is 1.93 bits per heavy atom. The van der Waals surface area contributed by atoms with Crippen molar-refractivity contribution in [2.75, 3.05) is 6.61 Å². The molecule has 146 valence electrons. The summed E-state index contributed by atoms with van der Waals surface area (Å²) in [6, 6.07) is 12.1. The number of benzene rings is 2. The van der Waals surface area contributed by atoms with Crippen molar-refractivity contribution in [3.8, 4) is 5.75 Å². The van der Waals surface area contributed by atoms with Gasteiger partial charge in [-0.2, -0.15) is 0 Å². The molecule has 0 aliphatic heterocycles. The van der Waals surface area contributed by atoms with Crippen LogP contribution in [0, 0.1) is 6.92 Å². The summed E-state index contributed by atoms with van der Waals surface area (Å²) in [5.41, 5.74) is 11.3. The molecule has 2 rings (SSSR count). The summed E-state index contributed by atoms with van der Waals surface area (Å²) in [5.74, 6) is 0.561. The fourth-order valence-electron chi connectivity index (χ4n) is 3.45. The topological polar surface area (TPSA) is 72.5 Å². The van der Waals surface area contributed by atoms with Crippen molar-refractivity contribution in [3.63, 3.8) is 0 Å². The first-order valence-corrected chi connectivity index (χ1v) is 9.74. The van der Waals surface area contributed by atoms with Crippen LogP contribution >= 0.6 is 0 Å². The van der Waals surface area contributed by atoms with E-state index in [-0.39, 0.29) is 12.4 Å². The van der Waals surface area contributed by atoms with Crippen molar-refractivity contribution in [1.82, 2.24) is 0 Å². The summed E-state index contributed by atoms with van der Waals surface area (Å²) in [6.45, 7) is 6.74. The van der Waals surface area contributed by atoms with Gasteiger partial charge in [-0.3, -0.25) is 4.79 Å². The molecule has 2 aromatic carbocycles. The number of aryl methyl sites for hydroxylation is 2. The number of rotatable bonds is 9. The average Bonchev–Trinajstić information content (AvgIpc) is 2.66. The van der Waals surface area contributed by atoms with Gasteiger partial charge in [-0.05, 0) is 72.9 Å². The molecule has 0 saturated heterocycles. The van der Waals surface area contributed by atoms with Crippen LogP contribution in [0.15, 0.2) is 36.4 Å². The summed E-state index contributed by atoms with van der Waals surface area (Å²) in [5, 5.41) is 9.68. The molecule has 0 bridgehead atoms. The van der Waals surface area contributed by atoms with Crippen LogP contribution in [0.3, 0.4) is 0 Å². The van der Waals surface area contributed by atoms with E-state index in [0.29, 0.717) is 24.8 Å². The van der Waals surface area contributed by atoms with E-state index < -0.39 is 0 Å². The van der Waals surface area contributed by atoms with Crippen LogP contribution in [0.4, 0.5) is 0 Å². The Labute approximate surface area is 162 Å². The Hall–Kier alpha value is -2.33. The van der Waals surface area contributed by atoms with Gasteiger partial charge in [0.05, 0.1) is 13.0 Å². The van der Waals surface area contributed by atoms with Crippen molar-refractivity contribution in [2.45, 2.75) is 58.9 Å². The van der Waals surface area contributed by atoms with E-state index in [1.807, 2.05) is 26.0 Å². The van der Waals surface area contributed by atoms with Crippen LogP contribution in [-0.2, 0) is 28.9 Å². The zero-order chi connectivity index (χ0) is 19.8. The highest BCUT2D eigenvalue weighted by Crippen LogP contribution is 2.28. The molecule has 0 saturated carbocycles. The van der Waals surface area contributed by atoms with Crippen LogP contribution in [-0.4, -0.2) is 17.7 Å². The standard InChI is InChI=1S/C23H31NO3/c1-4-18(8-6-17-7-11-22(25)16(3)12-17)19-9-10-20(21(13-19)15-24)14-23(26)27-5-2/h7,9-13,18,25H,4-6,8,14-15,24H2,1-3H3. The Bertz CT molecular complexity index is 770. The maximum Gasteiger partial charge on any atom is 0.310 e. The summed E-state index contributed by atoms with van der Waals surface area (Å²) in [6.07, 6.45) is 3.30. The summed E-state index contributed by atoms with van der Waals surface area (Å²) in [7, 11) is 0. The molecule has 27 heavy (non-hydrogen) atoms. The SMILES string of the molecule is CCOC(=O)Cc1ccc(C(CC)CCc2ccc(O)c(C)c2)cc1CN. The van der Waals surface area contributed by atoms with Gasteiger partial charge in [-0.1, -0.05) is 37.3 Å². The van der Waals surface area contributed by atoms with Gasteiger partial charge in [0.25, 0.3) is 0 Å². The van der Waals surface area contributed by atoms with Crippen molar-refractivity contribution in [2.24, 2.45) is 5.73 Å². The number of esters is 1. The number of nitrogens with two attached hydrogens (primary N) is 1. The maximum atomic E-state index is 11.8. The van der Waals surface area contributed by atoms with E-state index in [1.165, 1.54) is 11.1 Å². The number of carbonyl (C=O) groups is 1. The zero-order valence-electron chi connectivity index (χ0n) is 16.6. The molecule has 2 aromatic rings. The minimum atomic E-state index is -0.213. The van der Waals surface area contributed by atoms with Gasteiger partial charge in [0.15, 0.2) is 0 Å². The van der Waals surface area contributed by atoms with Crippen LogP contribution < -0.4 is 5.73 Å². The number of hydrogen-bond acceptors (Lipinski definition) is 4. The Kier molecular flexibility index (Phi) is 7.86. The van der Waals surface area contributed by atoms with E-state index in [2.05, 4.69) is 25.1 Å². The molecule has 3 N–H and O–H groups in total. The van der Waals surface area contributed by atoms with Crippen LogP contribution in [0.5, 0.6) is 5.75 Å². The Morgan fingerprint density at radius 1 is 1.15 bits per heavy atom. The minimum absolute atomic E-state index is 0.213. The van der Waals surface area contributed by atoms with Gasteiger partial charge in [-0.25, -0.2) is 0 Å². The van der Waals surface area contributed by atoms with Gasteiger partial charge in [0.2, 0.25) is 0 Å². The summed E-state index contributed by atoms with van der Waals surface area (Å²) >= 11 is 0. The second-order valence-corrected chi connectivity index (χ2v) is 6.98. The first-order chi connectivity index (χ1) is 13.0. The molecule has 0 heterocycles. The lowest BCUT2D eigenvalue weighted by atomic mass is 9.87. The zero-order valence-corrected chi connectivity index (χ0v) is 16.6. The van der Waals surface area contributed by atoms with E-state index in [0.717, 1.165) is 36.0 Å². The highest BCUT2D eigenvalue weighted by atomic mass is 16.5. The molecule has 1 atom stereocenters. The predicted molar refractivity (Wildman–Crippen MR) is 109 cm³/mol. The monoisotopic (exact) mass is 369 g/mol. The third-order valence-corrected chi connectivity index (χ3v) is 5.10. The number of hydrogen-bond donors (Lipinski definition) is 2. The summed E-state index contributed by atoms with van der Waals surface area (Å²) < 4.78 is 5.05. The van der Waals surface area contributed by atoms with Crippen LogP contribution in [0.2, 0.25) is 0 Å². The molecular formula is C23H31NO3. The van der Waals surface area contributed by atoms with Gasteiger partial charge >= 0.3 is 5.97 Å². The number of phenolic OH excluding ortho intramolecular Hbond substituents is 1. The highest BCUT2D eigenvalue weighted by Gasteiger charge is 2.14. The molecular weight excluding hydrogens is 338 g/mol. The maximum absolute atomic E-state index is 11.8. The summed E-state index contributed by atoms with van der Waals surface area (Å²) in [4.78, 5) is 11.8. The Balaban J connectivity index is 2.11. The first-order valence-electron chi connectivity index (χ1n) is 9.74. The van der Waals surface area contributed by atoms with Crippen molar-refractivity contribution in [3.05, 3.63) is 64.2 Å². The number of ether oxygens (including phenoxy) is 1. The van der Waals surface area contributed by atoms with Gasteiger partial charge in [0.1, 0.15) is 5.75 Å². The fourth-order valence-corrected chi connectivity index (χ4v) is 3.45. The lowest BCUT2D eigenvalue weighted by Gasteiger charge is -2.18. The van der Waals surface area contributed by atoms with Gasteiger partial charge in [0, 0.05) is 6.54 Å². The lowest BCUT2D eigenvalue weighted by Crippen LogP contribution is -2.12. The second kappa shape index (κ2) is 10.1. The molecule has 0 aliphatic rings. The molecule has 1 unspecified atom stereocenters. The van der Waals surface area contributed by atoms with Crippen molar-refractivity contribution < 1.29 is 14.6 Å². The van der Waals surface area contributed by atoms with E-state index >= 15 is 0 Å². The third-order valence-electron chi connectivity index (χ3n) is 5.10. The van der Waals surface area contributed by atoms with E-state index in [9.17, 15) is 9.90 Å². The van der Waals surface area contributed by atoms with Gasteiger partial charge < -0.3 is 15.6 Å². The van der Waals surface area contributed by atoms with Gasteiger partial charge in [-0.15, -0.1) is 0 Å². The van der Waals surface area contributed by atoms with E-state index in [1.54, 1.807) is 6.07 Å². The molecule has 0 amide bonds. The largest absolute Gasteiger partial charge is 0.508 e.